The van der Waals surface area contributed by atoms with Crippen LogP contribution in [0.25, 0.3) is 0 Å². The summed E-state index contributed by atoms with van der Waals surface area (Å²) in [5.74, 6) is 2.09. The van der Waals surface area contributed by atoms with E-state index in [2.05, 4.69) is 0 Å². The Morgan fingerprint density at radius 2 is 1.28 bits per heavy atom. The third kappa shape index (κ3) is 4.66. The molecule has 134 valence electrons. The van der Waals surface area contributed by atoms with E-state index in [1.54, 1.807) is 57.4 Å². The van der Waals surface area contributed by atoms with Crippen LogP contribution >= 0.6 is 0 Å². The molecule has 5 nitrogen and oxygen atoms in total. The molecule has 0 saturated heterocycles. The first kappa shape index (κ1) is 18.6. The molecule has 0 heterocycles. The summed E-state index contributed by atoms with van der Waals surface area (Å²) in [6.07, 6.45) is -0.584. The Balaban J connectivity index is 2.01. The fraction of sp³-hybridized carbons (Fsp3) is 0.350. The molecule has 0 radical (unpaired) electrons. The summed E-state index contributed by atoms with van der Waals surface area (Å²) < 4.78 is 16.0. The van der Waals surface area contributed by atoms with Crippen LogP contribution in [-0.2, 0) is 4.79 Å². The van der Waals surface area contributed by atoms with E-state index in [4.69, 9.17) is 14.2 Å². The van der Waals surface area contributed by atoms with Gasteiger partial charge in [0.05, 0.1) is 20.3 Å². The van der Waals surface area contributed by atoms with Crippen LogP contribution < -0.4 is 14.2 Å². The average Bonchev–Trinajstić information content (AvgIpc) is 2.66. The van der Waals surface area contributed by atoms with E-state index in [1.165, 1.54) is 0 Å². The van der Waals surface area contributed by atoms with Gasteiger partial charge in [0.15, 0.2) is 6.10 Å². The molecular weight excluding hydrogens is 318 g/mol. The summed E-state index contributed by atoms with van der Waals surface area (Å²) in [5, 5.41) is 0. The number of methoxy groups -OCH3 is 2. The number of hydrogen-bond donors (Lipinski definition) is 0. The number of ether oxygens (including phenoxy) is 3. The molecule has 1 amide bonds. The highest BCUT2D eigenvalue weighted by Crippen LogP contribution is 2.23. The normalized spacial score (nSPS) is 12.8. The molecule has 0 saturated carbocycles. The quantitative estimate of drug-likeness (QED) is 0.769. The highest BCUT2D eigenvalue weighted by atomic mass is 16.5. The van der Waals surface area contributed by atoms with Gasteiger partial charge in [-0.25, -0.2) is 0 Å². The standard InChI is InChI=1S/C20H25NO4/c1-14(16-6-8-17(23-4)9-7-16)21(3)20(22)15(2)25-19-12-10-18(24-5)11-13-19/h6-15H,1-5H3. The molecule has 0 aliphatic carbocycles. The van der Waals surface area contributed by atoms with E-state index < -0.39 is 6.10 Å². The van der Waals surface area contributed by atoms with Gasteiger partial charge in [0, 0.05) is 7.05 Å². The van der Waals surface area contributed by atoms with E-state index in [1.807, 2.05) is 31.2 Å². The van der Waals surface area contributed by atoms with E-state index in [9.17, 15) is 4.79 Å². The van der Waals surface area contributed by atoms with E-state index >= 15 is 0 Å². The zero-order chi connectivity index (χ0) is 18.4. The predicted octanol–water partition coefficient (Wildman–Crippen LogP) is 3.69. The van der Waals surface area contributed by atoms with Gasteiger partial charge in [0.1, 0.15) is 17.2 Å². The average molecular weight is 343 g/mol. The van der Waals surface area contributed by atoms with Crippen molar-refractivity contribution in [3.05, 3.63) is 54.1 Å². The van der Waals surface area contributed by atoms with Crippen LogP contribution in [0.3, 0.4) is 0 Å². The van der Waals surface area contributed by atoms with E-state index in [0.717, 1.165) is 17.1 Å². The topological polar surface area (TPSA) is 48.0 Å². The first-order valence-corrected chi connectivity index (χ1v) is 8.17. The Morgan fingerprint density at radius 3 is 1.76 bits per heavy atom. The van der Waals surface area contributed by atoms with E-state index in [0.29, 0.717) is 5.75 Å². The summed E-state index contributed by atoms with van der Waals surface area (Å²) in [6.45, 7) is 3.74. The molecule has 0 N–H and O–H groups in total. The second kappa shape index (κ2) is 8.42. The van der Waals surface area contributed by atoms with Gasteiger partial charge in [-0.2, -0.15) is 0 Å². The number of benzene rings is 2. The predicted molar refractivity (Wildman–Crippen MR) is 97.3 cm³/mol. The third-order valence-corrected chi connectivity index (χ3v) is 4.25. The molecule has 0 fully saturated rings. The van der Waals surface area contributed by atoms with Gasteiger partial charge in [-0.15, -0.1) is 0 Å². The molecule has 0 bridgehead atoms. The lowest BCUT2D eigenvalue weighted by Gasteiger charge is -2.28. The second-order valence-electron chi connectivity index (χ2n) is 5.83. The molecule has 2 aromatic carbocycles. The van der Waals surface area contributed by atoms with Crippen LogP contribution in [0, 0.1) is 0 Å². The lowest BCUT2D eigenvalue weighted by atomic mass is 10.1. The number of carbonyl (C=O) groups excluding carboxylic acids is 1. The van der Waals surface area contributed by atoms with Crippen molar-refractivity contribution in [2.75, 3.05) is 21.3 Å². The Hall–Kier alpha value is -2.69. The number of nitrogens with zero attached hydrogens (tertiary/aromatic N) is 1. The van der Waals surface area contributed by atoms with Gasteiger partial charge in [0.25, 0.3) is 5.91 Å². The summed E-state index contributed by atoms with van der Waals surface area (Å²) in [7, 11) is 5.02. The van der Waals surface area contributed by atoms with Gasteiger partial charge in [0.2, 0.25) is 0 Å². The fourth-order valence-electron chi connectivity index (χ4n) is 2.49. The summed E-state index contributed by atoms with van der Waals surface area (Å²) in [5.41, 5.74) is 1.04. The van der Waals surface area contributed by atoms with Crippen LogP contribution in [0.1, 0.15) is 25.5 Å². The SMILES string of the molecule is COc1ccc(OC(C)C(=O)N(C)C(C)c2ccc(OC)cc2)cc1. The Labute approximate surface area is 149 Å². The third-order valence-electron chi connectivity index (χ3n) is 4.25. The number of carbonyl (C=O) groups is 1. The minimum Gasteiger partial charge on any atom is -0.497 e. The fourth-order valence-corrected chi connectivity index (χ4v) is 2.49. The summed E-state index contributed by atoms with van der Waals surface area (Å²) in [4.78, 5) is 14.4. The molecule has 0 aliphatic rings. The smallest absolute Gasteiger partial charge is 0.263 e. The maximum Gasteiger partial charge on any atom is 0.263 e. The lowest BCUT2D eigenvalue weighted by Crippen LogP contribution is -2.39. The maximum atomic E-state index is 12.7. The molecule has 2 rings (SSSR count). The van der Waals surface area contributed by atoms with Crippen LogP contribution in [0.4, 0.5) is 0 Å². The monoisotopic (exact) mass is 343 g/mol. The number of hydrogen-bond acceptors (Lipinski definition) is 4. The molecule has 25 heavy (non-hydrogen) atoms. The highest BCUT2D eigenvalue weighted by molar-refractivity contribution is 5.81. The molecule has 2 aromatic rings. The lowest BCUT2D eigenvalue weighted by molar-refractivity contribution is -0.138. The van der Waals surface area contributed by atoms with Gasteiger partial charge >= 0.3 is 0 Å². The zero-order valence-electron chi connectivity index (χ0n) is 15.4. The van der Waals surface area contributed by atoms with Crippen LogP contribution in [0.15, 0.2) is 48.5 Å². The molecule has 5 heteroatoms. The molecule has 0 aliphatic heterocycles. The Kier molecular flexibility index (Phi) is 6.28. The van der Waals surface area contributed by atoms with Gasteiger partial charge in [-0.3, -0.25) is 4.79 Å². The Bertz CT molecular complexity index is 682. The molecule has 0 spiro atoms. The van der Waals surface area contributed by atoms with Gasteiger partial charge in [-0.05, 0) is 55.8 Å². The van der Waals surface area contributed by atoms with Crippen molar-refractivity contribution in [1.29, 1.82) is 0 Å². The van der Waals surface area contributed by atoms with Gasteiger partial charge < -0.3 is 19.1 Å². The van der Waals surface area contributed by atoms with E-state index in [-0.39, 0.29) is 11.9 Å². The highest BCUT2D eigenvalue weighted by Gasteiger charge is 2.24. The molecular formula is C20H25NO4. The van der Waals surface area contributed by atoms with Crippen molar-refractivity contribution in [2.45, 2.75) is 26.0 Å². The zero-order valence-corrected chi connectivity index (χ0v) is 15.4. The molecule has 2 unspecified atom stereocenters. The van der Waals surface area contributed by atoms with Crippen molar-refractivity contribution in [3.8, 4) is 17.2 Å². The number of amides is 1. The number of rotatable bonds is 7. The minimum absolute atomic E-state index is 0.0691. The summed E-state index contributed by atoms with van der Waals surface area (Å²) in [6, 6.07) is 14.8. The Morgan fingerprint density at radius 1 is 0.840 bits per heavy atom. The molecule has 2 atom stereocenters. The maximum absolute atomic E-state index is 12.7. The van der Waals surface area contributed by atoms with Crippen molar-refractivity contribution in [2.24, 2.45) is 0 Å². The number of likely N-dealkylation sites (N-methyl/N-ethyl adjacent to an activating group) is 1. The second-order valence-corrected chi connectivity index (χ2v) is 5.83. The largest absolute Gasteiger partial charge is 0.497 e. The van der Waals surface area contributed by atoms with Gasteiger partial charge in [-0.1, -0.05) is 12.1 Å². The van der Waals surface area contributed by atoms with Crippen LogP contribution in [-0.4, -0.2) is 38.2 Å². The first-order chi connectivity index (χ1) is 12.0. The summed E-state index contributed by atoms with van der Waals surface area (Å²) >= 11 is 0. The minimum atomic E-state index is -0.584. The molecule has 0 aromatic heterocycles. The first-order valence-electron chi connectivity index (χ1n) is 8.17. The van der Waals surface area contributed by atoms with Crippen molar-refractivity contribution < 1.29 is 19.0 Å². The van der Waals surface area contributed by atoms with Crippen molar-refractivity contribution in [3.63, 3.8) is 0 Å². The van der Waals surface area contributed by atoms with Crippen LogP contribution in [0.2, 0.25) is 0 Å². The van der Waals surface area contributed by atoms with Crippen molar-refractivity contribution >= 4 is 5.91 Å². The van der Waals surface area contributed by atoms with Crippen molar-refractivity contribution in [1.82, 2.24) is 4.90 Å². The van der Waals surface area contributed by atoms with Crippen LogP contribution in [0.5, 0.6) is 17.2 Å².